The van der Waals surface area contributed by atoms with Crippen LogP contribution in [0.2, 0.25) is 5.02 Å². The van der Waals surface area contributed by atoms with Crippen LogP contribution in [0.3, 0.4) is 0 Å². The lowest BCUT2D eigenvalue weighted by Gasteiger charge is -2.15. The van der Waals surface area contributed by atoms with Crippen LogP contribution in [0.5, 0.6) is 0 Å². The average molecular weight is 368 g/mol. The van der Waals surface area contributed by atoms with Crippen molar-refractivity contribution in [3.63, 3.8) is 0 Å². The SMILES string of the molecule is CC(C)Cn1c(SCC(=O)NC(C)C)nc2cc(Cl)ccc2c1=O. The first-order chi connectivity index (χ1) is 11.3. The summed E-state index contributed by atoms with van der Waals surface area (Å²) in [6.45, 7) is 8.45. The molecule has 1 amide bonds. The topological polar surface area (TPSA) is 64.0 Å². The standard InChI is InChI=1S/C17H22ClN3O2S/c1-10(2)8-21-16(23)13-6-5-12(18)7-14(13)20-17(21)24-9-15(22)19-11(3)4/h5-7,10-11H,8-9H2,1-4H3,(H,19,22). The number of fused-ring (bicyclic) bond motifs is 1. The maximum atomic E-state index is 12.8. The molecule has 1 aromatic carbocycles. The van der Waals surface area contributed by atoms with E-state index >= 15 is 0 Å². The minimum atomic E-state index is -0.0999. The van der Waals surface area contributed by atoms with E-state index < -0.39 is 0 Å². The van der Waals surface area contributed by atoms with Gasteiger partial charge in [-0.05, 0) is 38.0 Å². The molecule has 0 aliphatic heterocycles. The molecule has 0 bridgehead atoms. The molecule has 1 heterocycles. The predicted molar refractivity (Wildman–Crippen MR) is 99.9 cm³/mol. The molecule has 7 heteroatoms. The Morgan fingerprint density at radius 3 is 2.67 bits per heavy atom. The van der Waals surface area contributed by atoms with Crippen LogP contribution in [0.1, 0.15) is 27.7 Å². The summed E-state index contributed by atoms with van der Waals surface area (Å²) in [4.78, 5) is 29.2. The molecule has 130 valence electrons. The van der Waals surface area contributed by atoms with Gasteiger partial charge in [-0.25, -0.2) is 4.98 Å². The number of hydrogen-bond donors (Lipinski definition) is 1. The van der Waals surface area contributed by atoms with Crippen LogP contribution in [0.15, 0.2) is 28.2 Å². The monoisotopic (exact) mass is 367 g/mol. The number of rotatable bonds is 6. The second-order valence-corrected chi connectivity index (χ2v) is 7.76. The molecule has 0 radical (unpaired) electrons. The predicted octanol–water partition coefficient (Wildman–Crippen LogP) is 3.32. The van der Waals surface area contributed by atoms with Crippen LogP contribution in [0.4, 0.5) is 0 Å². The molecular weight excluding hydrogens is 346 g/mol. The molecule has 5 nitrogen and oxygen atoms in total. The van der Waals surface area contributed by atoms with Gasteiger partial charge in [0.25, 0.3) is 5.56 Å². The normalized spacial score (nSPS) is 11.5. The molecule has 1 aromatic heterocycles. The van der Waals surface area contributed by atoms with Crippen molar-refractivity contribution in [1.82, 2.24) is 14.9 Å². The zero-order valence-corrected chi connectivity index (χ0v) is 15.9. The number of hydrogen-bond acceptors (Lipinski definition) is 4. The van der Waals surface area contributed by atoms with E-state index in [9.17, 15) is 9.59 Å². The Kier molecular flexibility index (Phi) is 6.29. The van der Waals surface area contributed by atoms with Gasteiger partial charge in [-0.1, -0.05) is 37.2 Å². The summed E-state index contributed by atoms with van der Waals surface area (Å²) in [7, 11) is 0. The van der Waals surface area contributed by atoms with E-state index in [0.717, 1.165) is 0 Å². The summed E-state index contributed by atoms with van der Waals surface area (Å²) in [6.07, 6.45) is 0. The van der Waals surface area contributed by atoms with Gasteiger partial charge in [-0.3, -0.25) is 14.2 Å². The van der Waals surface area contributed by atoms with Gasteiger partial charge in [-0.2, -0.15) is 0 Å². The Labute approximate surface area is 150 Å². The molecule has 0 fully saturated rings. The third-order valence-corrected chi connectivity index (χ3v) is 4.42. The molecule has 1 N–H and O–H groups in total. The van der Waals surface area contributed by atoms with Gasteiger partial charge in [0.1, 0.15) is 0 Å². The summed E-state index contributed by atoms with van der Waals surface area (Å²) < 4.78 is 1.65. The van der Waals surface area contributed by atoms with E-state index in [-0.39, 0.29) is 29.2 Å². The first kappa shape index (κ1) is 18.8. The molecule has 0 saturated carbocycles. The van der Waals surface area contributed by atoms with Gasteiger partial charge >= 0.3 is 0 Å². The number of amides is 1. The van der Waals surface area contributed by atoms with E-state index in [1.54, 1.807) is 22.8 Å². The third-order valence-electron chi connectivity index (χ3n) is 3.21. The number of carbonyl (C=O) groups is 1. The summed E-state index contributed by atoms with van der Waals surface area (Å²) in [5, 5.41) is 4.45. The minimum absolute atomic E-state index is 0.0773. The number of nitrogens with zero attached hydrogens (tertiary/aromatic N) is 2. The van der Waals surface area contributed by atoms with Crippen molar-refractivity contribution in [1.29, 1.82) is 0 Å². The fraction of sp³-hybridized carbons (Fsp3) is 0.471. The molecule has 0 saturated heterocycles. The largest absolute Gasteiger partial charge is 0.353 e. The lowest BCUT2D eigenvalue weighted by molar-refractivity contribution is -0.119. The molecule has 0 spiro atoms. The van der Waals surface area contributed by atoms with Crippen molar-refractivity contribution < 1.29 is 4.79 Å². The molecule has 24 heavy (non-hydrogen) atoms. The van der Waals surface area contributed by atoms with Crippen molar-refractivity contribution in [2.75, 3.05) is 5.75 Å². The van der Waals surface area contributed by atoms with Crippen LogP contribution < -0.4 is 10.9 Å². The average Bonchev–Trinajstić information content (AvgIpc) is 2.47. The zero-order chi connectivity index (χ0) is 17.9. The summed E-state index contributed by atoms with van der Waals surface area (Å²) in [5.41, 5.74) is 0.455. The molecular formula is C17H22ClN3O2S. The quantitative estimate of drug-likeness (QED) is 0.628. The number of aromatic nitrogens is 2. The third kappa shape index (κ3) is 4.74. The second kappa shape index (κ2) is 8.03. The first-order valence-corrected chi connectivity index (χ1v) is 9.26. The zero-order valence-electron chi connectivity index (χ0n) is 14.3. The molecule has 0 aliphatic rings. The van der Waals surface area contributed by atoms with E-state index in [2.05, 4.69) is 10.3 Å². The van der Waals surface area contributed by atoms with Crippen LogP contribution in [0, 0.1) is 5.92 Å². The van der Waals surface area contributed by atoms with Crippen LogP contribution in [0.25, 0.3) is 10.9 Å². The Hall–Kier alpha value is -1.53. The maximum absolute atomic E-state index is 12.8. The number of thioether (sulfide) groups is 1. The van der Waals surface area contributed by atoms with E-state index in [1.165, 1.54) is 11.8 Å². The highest BCUT2D eigenvalue weighted by Gasteiger charge is 2.15. The number of carbonyl (C=O) groups excluding carboxylic acids is 1. The Bertz CT molecular complexity index is 802. The van der Waals surface area contributed by atoms with Gasteiger partial charge in [0.2, 0.25) is 5.91 Å². The van der Waals surface area contributed by atoms with E-state index in [1.807, 2.05) is 27.7 Å². The Morgan fingerprint density at radius 2 is 2.04 bits per heavy atom. The number of halogens is 1. The van der Waals surface area contributed by atoms with Crippen molar-refractivity contribution in [3.05, 3.63) is 33.6 Å². The van der Waals surface area contributed by atoms with E-state index in [4.69, 9.17) is 11.6 Å². The maximum Gasteiger partial charge on any atom is 0.262 e. The molecule has 2 rings (SSSR count). The van der Waals surface area contributed by atoms with Crippen LogP contribution in [-0.2, 0) is 11.3 Å². The Morgan fingerprint density at radius 1 is 1.33 bits per heavy atom. The summed E-state index contributed by atoms with van der Waals surface area (Å²) in [6, 6.07) is 5.15. The molecule has 0 unspecified atom stereocenters. The van der Waals surface area contributed by atoms with Crippen molar-refractivity contribution >= 4 is 40.2 Å². The molecule has 0 atom stereocenters. The number of benzene rings is 1. The fourth-order valence-corrected chi connectivity index (χ4v) is 3.29. The molecule has 2 aromatic rings. The highest BCUT2D eigenvalue weighted by atomic mass is 35.5. The number of nitrogens with one attached hydrogen (secondary N) is 1. The van der Waals surface area contributed by atoms with Gasteiger partial charge in [0.05, 0.1) is 16.7 Å². The summed E-state index contributed by atoms with van der Waals surface area (Å²) >= 11 is 7.28. The van der Waals surface area contributed by atoms with Gasteiger partial charge in [0.15, 0.2) is 5.16 Å². The lowest BCUT2D eigenvalue weighted by atomic mass is 10.2. The second-order valence-electron chi connectivity index (χ2n) is 6.38. The fourth-order valence-electron chi connectivity index (χ4n) is 2.30. The highest BCUT2D eigenvalue weighted by Crippen LogP contribution is 2.21. The first-order valence-electron chi connectivity index (χ1n) is 7.90. The van der Waals surface area contributed by atoms with Gasteiger partial charge in [0, 0.05) is 17.6 Å². The smallest absolute Gasteiger partial charge is 0.262 e. The lowest BCUT2D eigenvalue weighted by Crippen LogP contribution is -2.32. The highest BCUT2D eigenvalue weighted by molar-refractivity contribution is 7.99. The molecule has 0 aliphatic carbocycles. The van der Waals surface area contributed by atoms with Gasteiger partial charge < -0.3 is 5.32 Å². The van der Waals surface area contributed by atoms with Crippen molar-refractivity contribution in [3.8, 4) is 0 Å². The van der Waals surface area contributed by atoms with Crippen LogP contribution in [-0.4, -0.2) is 27.3 Å². The summed E-state index contributed by atoms with van der Waals surface area (Å²) in [5.74, 6) is 0.430. The van der Waals surface area contributed by atoms with Crippen molar-refractivity contribution in [2.45, 2.75) is 45.4 Å². The van der Waals surface area contributed by atoms with E-state index in [0.29, 0.717) is 27.6 Å². The van der Waals surface area contributed by atoms with Gasteiger partial charge in [-0.15, -0.1) is 0 Å². The van der Waals surface area contributed by atoms with Crippen molar-refractivity contribution in [2.24, 2.45) is 5.92 Å². The van der Waals surface area contributed by atoms with Crippen LogP contribution >= 0.6 is 23.4 Å². The Balaban J connectivity index is 2.41. The minimum Gasteiger partial charge on any atom is -0.353 e.